The van der Waals surface area contributed by atoms with Crippen LogP contribution >= 0.6 is 0 Å². The Labute approximate surface area is 132 Å². The lowest BCUT2D eigenvalue weighted by Crippen LogP contribution is -2.26. The van der Waals surface area contributed by atoms with Crippen LogP contribution in [0.2, 0.25) is 0 Å². The van der Waals surface area contributed by atoms with E-state index in [9.17, 15) is 8.42 Å². The molecule has 0 spiro atoms. The third kappa shape index (κ3) is 5.41. The summed E-state index contributed by atoms with van der Waals surface area (Å²) in [6, 6.07) is 16.3. The Morgan fingerprint density at radius 3 is 2.00 bits per heavy atom. The van der Waals surface area contributed by atoms with Gasteiger partial charge >= 0.3 is 0 Å². The number of rotatable bonds is 5. The van der Waals surface area contributed by atoms with Gasteiger partial charge in [0.25, 0.3) is 0 Å². The topological polar surface area (TPSA) is 55.4 Å². The molecule has 4 nitrogen and oxygen atoms in total. The van der Waals surface area contributed by atoms with Gasteiger partial charge in [0.15, 0.2) is 0 Å². The zero-order chi connectivity index (χ0) is 16.2. The number of hydrogen-bond acceptors (Lipinski definition) is 3. The van der Waals surface area contributed by atoms with Gasteiger partial charge in [-0.05, 0) is 41.8 Å². The van der Waals surface area contributed by atoms with Gasteiger partial charge < -0.3 is 4.74 Å². The third-order valence-corrected chi connectivity index (χ3v) is 4.52. The van der Waals surface area contributed by atoms with E-state index in [2.05, 4.69) is 4.72 Å². The Balaban J connectivity index is 2.03. The monoisotopic (exact) mass is 319 g/mol. The van der Waals surface area contributed by atoms with Crippen LogP contribution in [0.1, 0.15) is 20.8 Å². The minimum Gasteiger partial charge on any atom is -0.457 e. The van der Waals surface area contributed by atoms with E-state index in [-0.39, 0.29) is 11.2 Å². The van der Waals surface area contributed by atoms with Crippen LogP contribution in [0.4, 0.5) is 5.69 Å². The lowest BCUT2D eigenvalue weighted by molar-refractivity contribution is 0.463. The van der Waals surface area contributed by atoms with Gasteiger partial charge in [0, 0.05) is 5.69 Å². The Kier molecular flexibility index (Phi) is 4.76. The standard InChI is InChI=1S/C17H21NO3S/c1-17(2,3)13-22(19,20)18-14-9-11-16(12-10-14)21-15-7-5-4-6-8-15/h4-12,18H,13H2,1-3H3. The summed E-state index contributed by atoms with van der Waals surface area (Å²) >= 11 is 0. The molecule has 2 aromatic rings. The summed E-state index contributed by atoms with van der Waals surface area (Å²) in [6.45, 7) is 5.68. The molecule has 0 saturated heterocycles. The molecule has 5 heteroatoms. The van der Waals surface area contributed by atoms with Crippen molar-refractivity contribution in [3.05, 3.63) is 54.6 Å². The molecule has 0 aromatic heterocycles. The van der Waals surface area contributed by atoms with Crippen molar-refractivity contribution in [1.29, 1.82) is 0 Å². The van der Waals surface area contributed by atoms with E-state index in [1.807, 2.05) is 51.1 Å². The highest BCUT2D eigenvalue weighted by Gasteiger charge is 2.21. The second-order valence-electron chi connectivity index (χ2n) is 6.36. The molecule has 0 bridgehead atoms. The number of nitrogens with one attached hydrogen (secondary N) is 1. The normalized spacial score (nSPS) is 12.0. The molecule has 0 saturated carbocycles. The quantitative estimate of drug-likeness (QED) is 0.895. The summed E-state index contributed by atoms with van der Waals surface area (Å²) in [6.07, 6.45) is 0. The van der Waals surface area contributed by atoms with Crippen LogP contribution in [0.3, 0.4) is 0 Å². The second kappa shape index (κ2) is 6.40. The van der Waals surface area contributed by atoms with Gasteiger partial charge in [-0.1, -0.05) is 39.0 Å². The van der Waals surface area contributed by atoms with Crippen molar-refractivity contribution in [3.8, 4) is 11.5 Å². The molecule has 1 N–H and O–H groups in total. The Morgan fingerprint density at radius 2 is 1.45 bits per heavy atom. The number of sulfonamides is 1. The summed E-state index contributed by atoms with van der Waals surface area (Å²) in [7, 11) is -3.35. The van der Waals surface area contributed by atoms with Crippen LogP contribution in [0.15, 0.2) is 54.6 Å². The molecule has 0 unspecified atom stereocenters. The average molecular weight is 319 g/mol. The smallest absolute Gasteiger partial charge is 0.233 e. The van der Waals surface area contributed by atoms with Crippen LogP contribution in [0.25, 0.3) is 0 Å². The van der Waals surface area contributed by atoms with Gasteiger partial charge in [0.2, 0.25) is 10.0 Å². The van der Waals surface area contributed by atoms with E-state index in [1.165, 1.54) is 0 Å². The number of hydrogen-bond donors (Lipinski definition) is 1. The summed E-state index contributed by atoms with van der Waals surface area (Å²) in [5.74, 6) is 1.47. The van der Waals surface area contributed by atoms with Gasteiger partial charge in [0.1, 0.15) is 11.5 Å². The van der Waals surface area contributed by atoms with Gasteiger partial charge in [-0.15, -0.1) is 0 Å². The van der Waals surface area contributed by atoms with Gasteiger partial charge in [-0.25, -0.2) is 8.42 Å². The minimum atomic E-state index is -3.35. The Bertz CT molecular complexity index is 702. The van der Waals surface area contributed by atoms with E-state index in [1.54, 1.807) is 24.3 Å². The first-order chi connectivity index (χ1) is 10.2. The highest BCUT2D eigenvalue weighted by atomic mass is 32.2. The molecule has 0 aliphatic heterocycles. The SMILES string of the molecule is CC(C)(C)CS(=O)(=O)Nc1ccc(Oc2ccccc2)cc1. The fraction of sp³-hybridized carbons (Fsp3) is 0.294. The highest BCUT2D eigenvalue weighted by Crippen LogP contribution is 2.24. The van der Waals surface area contributed by atoms with Gasteiger partial charge in [0.05, 0.1) is 5.75 Å². The molecule has 0 fully saturated rings. The highest BCUT2D eigenvalue weighted by molar-refractivity contribution is 7.92. The lowest BCUT2D eigenvalue weighted by atomic mass is 10.0. The van der Waals surface area contributed by atoms with Gasteiger partial charge in [-0.2, -0.15) is 0 Å². The fourth-order valence-electron chi connectivity index (χ4n) is 2.00. The van der Waals surface area contributed by atoms with Crippen LogP contribution in [0, 0.1) is 5.41 Å². The number of ether oxygens (including phenoxy) is 1. The summed E-state index contributed by atoms with van der Waals surface area (Å²) in [5.41, 5.74) is 0.243. The number of benzene rings is 2. The van der Waals surface area contributed by atoms with Crippen molar-refractivity contribution >= 4 is 15.7 Å². The first-order valence-corrected chi connectivity index (χ1v) is 8.72. The van der Waals surface area contributed by atoms with E-state index in [0.717, 1.165) is 5.75 Å². The van der Waals surface area contributed by atoms with Crippen molar-refractivity contribution in [2.45, 2.75) is 20.8 Å². The van der Waals surface area contributed by atoms with Crippen molar-refractivity contribution in [1.82, 2.24) is 0 Å². The van der Waals surface area contributed by atoms with Crippen molar-refractivity contribution in [2.24, 2.45) is 5.41 Å². The maximum absolute atomic E-state index is 12.0. The molecule has 0 heterocycles. The van der Waals surface area contributed by atoms with E-state index < -0.39 is 10.0 Å². The lowest BCUT2D eigenvalue weighted by Gasteiger charge is -2.18. The third-order valence-electron chi connectivity index (χ3n) is 2.73. The molecular weight excluding hydrogens is 298 g/mol. The largest absolute Gasteiger partial charge is 0.457 e. The number of para-hydroxylation sites is 1. The molecule has 0 aliphatic rings. The molecular formula is C17H21NO3S. The maximum Gasteiger partial charge on any atom is 0.233 e. The molecule has 0 aliphatic carbocycles. The number of anilines is 1. The minimum absolute atomic E-state index is 0.0717. The molecule has 118 valence electrons. The first-order valence-electron chi connectivity index (χ1n) is 7.07. The fourth-order valence-corrected chi connectivity index (χ4v) is 3.71. The Morgan fingerprint density at radius 1 is 0.909 bits per heavy atom. The molecule has 2 rings (SSSR count). The average Bonchev–Trinajstić information content (AvgIpc) is 2.39. The van der Waals surface area contributed by atoms with Crippen LogP contribution in [-0.2, 0) is 10.0 Å². The van der Waals surface area contributed by atoms with Crippen LogP contribution in [-0.4, -0.2) is 14.2 Å². The predicted molar refractivity (Wildman–Crippen MR) is 89.8 cm³/mol. The molecule has 0 atom stereocenters. The van der Waals surface area contributed by atoms with Gasteiger partial charge in [-0.3, -0.25) is 4.72 Å². The van der Waals surface area contributed by atoms with Crippen LogP contribution < -0.4 is 9.46 Å². The summed E-state index contributed by atoms with van der Waals surface area (Å²) in [4.78, 5) is 0. The second-order valence-corrected chi connectivity index (χ2v) is 8.08. The summed E-state index contributed by atoms with van der Waals surface area (Å²) < 4.78 is 32.3. The van der Waals surface area contributed by atoms with E-state index in [4.69, 9.17) is 4.74 Å². The Hall–Kier alpha value is -2.01. The molecule has 22 heavy (non-hydrogen) atoms. The van der Waals surface area contributed by atoms with Crippen LogP contribution in [0.5, 0.6) is 11.5 Å². The molecule has 0 amide bonds. The maximum atomic E-state index is 12.0. The molecule has 0 radical (unpaired) electrons. The zero-order valence-electron chi connectivity index (χ0n) is 13.0. The van der Waals surface area contributed by atoms with Crippen molar-refractivity contribution < 1.29 is 13.2 Å². The predicted octanol–water partition coefficient (Wildman–Crippen LogP) is 4.27. The van der Waals surface area contributed by atoms with E-state index in [0.29, 0.717) is 11.4 Å². The molecule has 2 aromatic carbocycles. The summed E-state index contributed by atoms with van der Waals surface area (Å²) in [5, 5.41) is 0. The van der Waals surface area contributed by atoms with E-state index >= 15 is 0 Å². The van der Waals surface area contributed by atoms with Crippen molar-refractivity contribution in [2.75, 3.05) is 10.5 Å². The van der Waals surface area contributed by atoms with Crippen molar-refractivity contribution in [3.63, 3.8) is 0 Å². The zero-order valence-corrected chi connectivity index (χ0v) is 13.9. The first kappa shape index (κ1) is 16.4.